The van der Waals surface area contributed by atoms with Gasteiger partial charge in [0, 0.05) is 30.7 Å². The second kappa shape index (κ2) is 11.5. The Bertz CT molecular complexity index is 751. The van der Waals surface area contributed by atoms with E-state index in [0.717, 1.165) is 11.4 Å². The van der Waals surface area contributed by atoms with Crippen molar-refractivity contribution in [3.63, 3.8) is 0 Å². The second-order valence-electron chi connectivity index (χ2n) is 6.09. The van der Waals surface area contributed by atoms with E-state index in [0.29, 0.717) is 12.4 Å². The highest BCUT2D eigenvalue weighted by molar-refractivity contribution is 5.87. The number of amides is 2. The smallest absolute Gasteiger partial charge is 0.239 e. The third-order valence-electron chi connectivity index (χ3n) is 3.84. The zero-order valence-electron chi connectivity index (χ0n) is 15.5. The van der Waals surface area contributed by atoms with Gasteiger partial charge in [0.25, 0.3) is 0 Å². The number of nitrogens with zero attached hydrogens (tertiary/aromatic N) is 3. The Labute approximate surface area is 171 Å². The summed E-state index contributed by atoms with van der Waals surface area (Å²) in [6.45, 7) is 5.77. The van der Waals surface area contributed by atoms with Crippen LogP contribution in [0.3, 0.4) is 0 Å². The molecule has 8 nitrogen and oxygen atoms in total. The molecule has 27 heavy (non-hydrogen) atoms. The lowest BCUT2D eigenvalue weighted by atomic mass is 10.1. The molecule has 1 atom stereocenters. The normalized spacial score (nSPS) is 11.1. The van der Waals surface area contributed by atoms with Crippen molar-refractivity contribution >= 4 is 36.6 Å². The van der Waals surface area contributed by atoms with Gasteiger partial charge >= 0.3 is 0 Å². The summed E-state index contributed by atoms with van der Waals surface area (Å²) in [4.78, 5) is 32.3. The Hall–Kier alpha value is -2.16. The molecule has 2 aromatic rings. The second-order valence-corrected chi connectivity index (χ2v) is 6.09. The van der Waals surface area contributed by atoms with Crippen LogP contribution in [-0.4, -0.2) is 38.9 Å². The number of carbonyl (C=O) groups is 2. The molecule has 0 spiro atoms. The minimum atomic E-state index is -0.623. The fourth-order valence-corrected chi connectivity index (χ4v) is 2.23. The van der Waals surface area contributed by atoms with E-state index >= 15 is 0 Å². The van der Waals surface area contributed by atoms with Gasteiger partial charge in [-0.3, -0.25) is 14.2 Å². The van der Waals surface area contributed by atoms with Crippen LogP contribution in [0.2, 0.25) is 0 Å². The highest BCUT2D eigenvalue weighted by Crippen LogP contribution is 2.12. The maximum atomic E-state index is 12.0. The number of imidazole rings is 1. The highest BCUT2D eigenvalue weighted by Gasteiger charge is 2.17. The SMILES string of the molecule is Cc1nccn1-c1ncccc1CNC(=O)CNC(=O)[C@@H](N)C(C)C.Cl.Cl. The summed E-state index contributed by atoms with van der Waals surface area (Å²) in [6, 6.07) is 3.07. The molecule has 0 fully saturated rings. The van der Waals surface area contributed by atoms with Crippen molar-refractivity contribution in [2.24, 2.45) is 11.7 Å². The quantitative estimate of drug-likeness (QED) is 0.625. The van der Waals surface area contributed by atoms with Crippen molar-refractivity contribution in [1.82, 2.24) is 25.2 Å². The van der Waals surface area contributed by atoms with Gasteiger partial charge in [0.1, 0.15) is 11.6 Å². The number of nitrogens with one attached hydrogen (secondary N) is 2. The van der Waals surface area contributed by atoms with Gasteiger partial charge in [0.15, 0.2) is 0 Å². The molecule has 0 aromatic carbocycles. The standard InChI is InChI=1S/C17H24N6O2.2ClH/c1-11(2)15(18)17(25)22-10-14(24)21-9-13-5-4-6-20-16(13)23-8-7-19-12(23)3;;/h4-8,11,15H,9-10,18H2,1-3H3,(H,21,24)(H,22,25);2*1H/t15-;;/m0../s1. The summed E-state index contributed by atoms with van der Waals surface area (Å²) in [6.07, 6.45) is 5.20. The van der Waals surface area contributed by atoms with Crippen LogP contribution in [0, 0.1) is 12.8 Å². The molecule has 0 bridgehead atoms. The molecule has 0 aliphatic carbocycles. The van der Waals surface area contributed by atoms with E-state index in [1.165, 1.54) is 0 Å². The summed E-state index contributed by atoms with van der Waals surface area (Å²) in [5, 5.41) is 5.32. The molecule has 0 aliphatic heterocycles. The van der Waals surface area contributed by atoms with Crippen LogP contribution in [0.1, 0.15) is 25.2 Å². The van der Waals surface area contributed by atoms with E-state index in [2.05, 4.69) is 20.6 Å². The summed E-state index contributed by atoms with van der Waals surface area (Å²) in [7, 11) is 0. The number of hydrogen-bond donors (Lipinski definition) is 3. The number of nitrogens with two attached hydrogens (primary N) is 1. The van der Waals surface area contributed by atoms with Gasteiger partial charge in [-0.15, -0.1) is 24.8 Å². The van der Waals surface area contributed by atoms with Gasteiger partial charge < -0.3 is 16.4 Å². The molecule has 0 aliphatic rings. The van der Waals surface area contributed by atoms with E-state index in [-0.39, 0.29) is 49.1 Å². The van der Waals surface area contributed by atoms with Crippen molar-refractivity contribution < 1.29 is 9.59 Å². The Morgan fingerprint density at radius 1 is 1.19 bits per heavy atom. The van der Waals surface area contributed by atoms with E-state index in [9.17, 15) is 9.59 Å². The minimum absolute atomic E-state index is 0. The third-order valence-corrected chi connectivity index (χ3v) is 3.84. The first-order valence-electron chi connectivity index (χ1n) is 8.14. The number of pyridine rings is 1. The van der Waals surface area contributed by atoms with Crippen molar-refractivity contribution in [3.8, 4) is 5.82 Å². The van der Waals surface area contributed by atoms with Crippen LogP contribution in [0.5, 0.6) is 0 Å². The van der Waals surface area contributed by atoms with Gasteiger partial charge in [0.2, 0.25) is 11.8 Å². The summed E-state index contributed by atoms with van der Waals surface area (Å²) in [5.41, 5.74) is 6.59. The average molecular weight is 417 g/mol. The summed E-state index contributed by atoms with van der Waals surface area (Å²) >= 11 is 0. The van der Waals surface area contributed by atoms with Crippen LogP contribution in [0.25, 0.3) is 5.82 Å². The predicted octanol–water partition coefficient (Wildman–Crippen LogP) is 1.14. The average Bonchev–Trinajstić information content (AvgIpc) is 3.03. The summed E-state index contributed by atoms with van der Waals surface area (Å²) < 4.78 is 1.85. The number of rotatable bonds is 7. The first-order chi connectivity index (χ1) is 11.9. The molecule has 0 saturated carbocycles. The molecule has 0 radical (unpaired) electrons. The monoisotopic (exact) mass is 416 g/mol. The number of aryl methyl sites for hydroxylation is 1. The molecule has 0 unspecified atom stereocenters. The van der Waals surface area contributed by atoms with E-state index < -0.39 is 6.04 Å². The van der Waals surface area contributed by atoms with Gasteiger partial charge in [-0.25, -0.2) is 9.97 Å². The summed E-state index contributed by atoms with van der Waals surface area (Å²) in [5.74, 6) is 0.909. The van der Waals surface area contributed by atoms with Crippen LogP contribution in [0.15, 0.2) is 30.7 Å². The minimum Gasteiger partial charge on any atom is -0.350 e. The van der Waals surface area contributed by atoms with Crippen LogP contribution in [0.4, 0.5) is 0 Å². The molecule has 0 saturated heterocycles. The van der Waals surface area contributed by atoms with E-state index in [1.54, 1.807) is 18.5 Å². The molecule has 150 valence electrons. The lowest BCUT2D eigenvalue weighted by Gasteiger charge is -2.15. The van der Waals surface area contributed by atoms with Crippen LogP contribution in [-0.2, 0) is 16.1 Å². The number of halogens is 2. The topological polar surface area (TPSA) is 115 Å². The predicted molar refractivity (Wildman–Crippen MR) is 108 cm³/mol. The Kier molecular flexibility index (Phi) is 10.6. The molecule has 2 aromatic heterocycles. The van der Waals surface area contributed by atoms with Crippen LogP contribution < -0.4 is 16.4 Å². The molecular formula is C17H26Cl2N6O2. The number of hydrogen-bond acceptors (Lipinski definition) is 5. The van der Waals surface area contributed by atoms with Gasteiger partial charge in [-0.05, 0) is 18.9 Å². The lowest BCUT2D eigenvalue weighted by molar-refractivity contribution is -0.127. The van der Waals surface area contributed by atoms with Crippen molar-refractivity contribution in [3.05, 3.63) is 42.1 Å². The fourth-order valence-electron chi connectivity index (χ4n) is 2.23. The van der Waals surface area contributed by atoms with Gasteiger partial charge in [0.05, 0.1) is 12.6 Å². The van der Waals surface area contributed by atoms with Gasteiger partial charge in [-0.2, -0.15) is 0 Å². The molecule has 2 heterocycles. The highest BCUT2D eigenvalue weighted by atomic mass is 35.5. The van der Waals surface area contributed by atoms with Crippen molar-refractivity contribution in [2.75, 3.05) is 6.54 Å². The maximum Gasteiger partial charge on any atom is 0.239 e. The first kappa shape index (κ1) is 24.8. The Morgan fingerprint density at radius 3 is 2.48 bits per heavy atom. The molecule has 4 N–H and O–H groups in total. The largest absolute Gasteiger partial charge is 0.350 e. The lowest BCUT2D eigenvalue weighted by Crippen LogP contribution is -2.47. The molecule has 2 amide bonds. The first-order valence-corrected chi connectivity index (χ1v) is 8.14. The Morgan fingerprint density at radius 2 is 1.89 bits per heavy atom. The van der Waals surface area contributed by atoms with Gasteiger partial charge in [-0.1, -0.05) is 19.9 Å². The van der Waals surface area contributed by atoms with E-state index in [1.807, 2.05) is 37.6 Å². The molecule has 10 heteroatoms. The molecular weight excluding hydrogens is 391 g/mol. The molecule has 2 rings (SSSR count). The number of carbonyl (C=O) groups excluding carboxylic acids is 2. The zero-order valence-corrected chi connectivity index (χ0v) is 17.1. The third kappa shape index (κ3) is 6.82. The fraction of sp³-hybridized carbons (Fsp3) is 0.412. The zero-order chi connectivity index (χ0) is 18.4. The van der Waals surface area contributed by atoms with E-state index in [4.69, 9.17) is 5.73 Å². The Balaban J connectivity index is 0.00000338. The van der Waals surface area contributed by atoms with Crippen LogP contribution >= 0.6 is 24.8 Å². The maximum absolute atomic E-state index is 12.0. The van der Waals surface area contributed by atoms with Crippen molar-refractivity contribution in [1.29, 1.82) is 0 Å². The number of aromatic nitrogens is 3. The van der Waals surface area contributed by atoms with Crippen molar-refractivity contribution in [2.45, 2.75) is 33.4 Å².